The third-order valence-electron chi connectivity index (χ3n) is 3.46. The zero-order valence-electron chi connectivity index (χ0n) is 15.0. The van der Waals surface area contributed by atoms with Crippen LogP contribution in [0.25, 0.3) is 0 Å². The fourth-order valence-corrected chi connectivity index (χ4v) is 3.29. The van der Waals surface area contributed by atoms with Gasteiger partial charge in [-0.15, -0.1) is 0 Å². The third-order valence-corrected chi connectivity index (χ3v) is 4.94. The summed E-state index contributed by atoms with van der Waals surface area (Å²) >= 11 is 0. The minimum absolute atomic E-state index is 0.107. The van der Waals surface area contributed by atoms with Crippen LogP contribution in [0.1, 0.15) is 6.92 Å². The molecular formula is C18H23NO6S. The third kappa shape index (κ3) is 5.03. The zero-order valence-corrected chi connectivity index (χ0v) is 15.8. The summed E-state index contributed by atoms with van der Waals surface area (Å²) in [5.74, 6) is 2.11. The number of sulfonamides is 1. The van der Waals surface area contributed by atoms with E-state index in [4.69, 9.17) is 18.9 Å². The van der Waals surface area contributed by atoms with Gasteiger partial charge in [-0.2, -0.15) is 0 Å². The van der Waals surface area contributed by atoms with E-state index < -0.39 is 10.0 Å². The SMILES string of the molecule is CCOc1ccc(S(=O)(=O)NCCOc2cccc(OC)c2OC)cc1. The highest BCUT2D eigenvalue weighted by molar-refractivity contribution is 7.89. The summed E-state index contributed by atoms with van der Waals surface area (Å²) in [6.07, 6.45) is 0. The molecule has 142 valence electrons. The minimum Gasteiger partial charge on any atom is -0.494 e. The smallest absolute Gasteiger partial charge is 0.240 e. The van der Waals surface area contributed by atoms with E-state index in [0.29, 0.717) is 29.6 Å². The van der Waals surface area contributed by atoms with Crippen LogP contribution in [0.15, 0.2) is 47.4 Å². The summed E-state index contributed by atoms with van der Waals surface area (Å²) in [6.45, 7) is 2.63. The Bertz CT molecular complexity index is 805. The van der Waals surface area contributed by atoms with Gasteiger partial charge in [0.25, 0.3) is 0 Å². The molecule has 0 saturated heterocycles. The van der Waals surface area contributed by atoms with Crippen molar-refractivity contribution < 1.29 is 27.4 Å². The molecular weight excluding hydrogens is 358 g/mol. The van der Waals surface area contributed by atoms with Crippen LogP contribution in [0.3, 0.4) is 0 Å². The van der Waals surface area contributed by atoms with E-state index in [1.807, 2.05) is 6.92 Å². The molecule has 7 nitrogen and oxygen atoms in total. The van der Waals surface area contributed by atoms with Crippen molar-refractivity contribution in [3.05, 3.63) is 42.5 Å². The van der Waals surface area contributed by atoms with Crippen molar-refractivity contribution in [1.29, 1.82) is 0 Å². The lowest BCUT2D eigenvalue weighted by atomic mass is 10.3. The van der Waals surface area contributed by atoms with E-state index >= 15 is 0 Å². The van der Waals surface area contributed by atoms with Crippen LogP contribution < -0.4 is 23.7 Å². The molecule has 0 radical (unpaired) electrons. The molecule has 0 aliphatic rings. The molecule has 0 bridgehead atoms. The summed E-state index contributed by atoms with van der Waals surface area (Å²) in [5, 5.41) is 0. The molecule has 0 aromatic heterocycles. The Hall–Kier alpha value is -2.45. The normalized spacial score (nSPS) is 11.0. The first-order valence-corrected chi connectivity index (χ1v) is 9.56. The first-order valence-electron chi connectivity index (χ1n) is 8.08. The molecule has 0 heterocycles. The van der Waals surface area contributed by atoms with E-state index in [-0.39, 0.29) is 18.0 Å². The maximum atomic E-state index is 12.3. The van der Waals surface area contributed by atoms with Crippen molar-refractivity contribution in [2.75, 3.05) is 34.0 Å². The van der Waals surface area contributed by atoms with Crippen molar-refractivity contribution >= 4 is 10.0 Å². The maximum Gasteiger partial charge on any atom is 0.240 e. The fourth-order valence-electron chi connectivity index (χ4n) is 2.27. The highest BCUT2D eigenvalue weighted by atomic mass is 32.2. The number of ether oxygens (including phenoxy) is 4. The van der Waals surface area contributed by atoms with Crippen molar-refractivity contribution in [3.8, 4) is 23.0 Å². The molecule has 26 heavy (non-hydrogen) atoms. The van der Waals surface area contributed by atoms with Crippen LogP contribution in [0.4, 0.5) is 0 Å². The largest absolute Gasteiger partial charge is 0.494 e. The number of methoxy groups -OCH3 is 2. The highest BCUT2D eigenvalue weighted by Gasteiger charge is 2.14. The molecule has 2 aromatic carbocycles. The predicted octanol–water partition coefficient (Wildman–Crippen LogP) is 2.46. The van der Waals surface area contributed by atoms with Crippen molar-refractivity contribution in [1.82, 2.24) is 4.72 Å². The molecule has 0 saturated carbocycles. The number of para-hydroxylation sites is 1. The average Bonchev–Trinajstić information content (AvgIpc) is 2.65. The molecule has 0 atom stereocenters. The van der Waals surface area contributed by atoms with E-state index in [1.54, 1.807) is 30.3 Å². The Labute approximate surface area is 153 Å². The molecule has 0 aliphatic carbocycles. The van der Waals surface area contributed by atoms with Crippen LogP contribution in [-0.4, -0.2) is 42.4 Å². The van der Waals surface area contributed by atoms with Gasteiger partial charge in [-0.3, -0.25) is 0 Å². The van der Waals surface area contributed by atoms with Crippen LogP contribution in [0.5, 0.6) is 23.0 Å². The summed E-state index contributed by atoms with van der Waals surface area (Å²) in [6, 6.07) is 11.5. The second-order valence-corrected chi connectivity index (χ2v) is 6.91. The Morgan fingerprint density at radius 3 is 2.23 bits per heavy atom. The number of hydrogen-bond donors (Lipinski definition) is 1. The van der Waals surface area contributed by atoms with Gasteiger partial charge in [0.2, 0.25) is 15.8 Å². The lowest BCUT2D eigenvalue weighted by molar-refractivity contribution is 0.287. The Morgan fingerprint density at radius 2 is 1.62 bits per heavy atom. The van der Waals surface area contributed by atoms with E-state index in [2.05, 4.69) is 4.72 Å². The second-order valence-electron chi connectivity index (χ2n) is 5.14. The molecule has 8 heteroatoms. The number of rotatable bonds is 10. The Kier molecular flexibility index (Phi) is 7.11. The van der Waals surface area contributed by atoms with Crippen LogP contribution >= 0.6 is 0 Å². The van der Waals surface area contributed by atoms with Crippen molar-refractivity contribution in [3.63, 3.8) is 0 Å². The Morgan fingerprint density at radius 1 is 0.923 bits per heavy atom. The standard InChI is InChI=1S/C18H23NO6S/c1-4-24-14-8-10-15(11-9-14)26(20,21)19-12-13-25-17-7-5-6-16(22-2)18(17)23-3/h5-11,19H,4,12-13H2,1-3H3. The number of nitrogens with one attached hydrogen (secondary N) is 1. The van der Waals surface area contributed by atoms with Crippen LogP contribution in [0.2, 0.25) is 0 Å². The van der Waals surface area contributed by atoms with Gasteiger partial charge in [0, 0.05) is 6.54 Å². The molecule has 0 aliphatic heterocycles. The van der Waals surface area contributed by atoms with Crippen molar-refractivity contribution in [2.24, 2.45) is 0 Å². The number of hydrogen-bond acceptors (Lipinski definition) is 6. The number of benzene rings is 2. The highest BCUT2D eigenvalue weighted by Crippen LogP contribution is 2.36. The Balaban J connectivity index is 1.93. The summed E-state index contributed by atoms with van der Waals surface area (Å²) in [4.78, 5) is 0.167. The van der Waals surface area contributed by atoms with Gasteiger partial charge in [0.15, 0.2) is 11.5 Å². The predicted molar refractivity (Wildman–Crippen MR) is 97.8 cm³/mol. The first-order chi connectivity index (χ1) is 12.5. The van der Waals surface area contributed by atoms with Gasteiger partial charge in [0.1, 0.15) is 12.4 Å². The topological polar surface area (TPSA) is 83.1 Å². The van der Waals surface area contributed by atoms with E-state index in [0.717, 1.165) is 0 Å². The van der Waals surface area contributed by atoms with Gasteiger partial charge in [-0.25, -0.2) is 13.1 Å². The average molecular weight is 381 g/mol. The van der Waals surface area contributed by atoms with Crippen LogP contribution in [-0.2, 0) is 10.0 Å². The van der Waals surface area contributed by atoms with E-state index in [9.17, 15) is 8.42 Å². The molecule has 0 unspecified atom stereocenters. The zero-order chi connectivity index (χ0) is 19.0. The molecule has 0 amide bonds. The lowest BCUT2D eigenvalue weighted by Gasteiger charge is -2.14. The maximum absolute atomic E-state index is 12.3. The van der Waals surface area contributed by atoms with Gasteiger partial charge < -0.3 is 18.9 Å². The molecule has 1 N–H and O–H groups in total. The summed E-state index contributed by atoms with van der Waals surface area (Å²) < 4.78 is 48.4. The second kappa shape index (κ2) is 9.30. The molecule has 2 aromatic rings. The lowest BCUT2D eigenvalue weighted by Crippen LogP contribution is -2.28. The first kappa shape index (κ1) is 19.9. The summed E-state index contributed by atoms with van der Waals surface area (Å²) in [7, 11) is -0.569. The van der Waals surface area contributed by atoms with Gasteiger partial charge in [-0.05, 0) is 43.3 Å². The molecule has 2 rings (SSSR count). The summed E-state index contributed by atoms with van der Waals surface area (Å²) in [5.41, 5.74) is 0. The molecule has 0 spiro atoms. The fraction of sp³-hybridized carbons (Fsp3) is 0.333. The van der Waals surface area contributed by atoms with E-state index in [1.165, 1.54) is 26.4 Å². The monoisotopic (exact) mass is 381 g/mol. The molecule has 0 fully saturated rings. The van der Waals surface area contributed by atoms with Crippen molar-refractivity contribution in [2.45, 2.75) is 11.8 Å². The van der Waals surface area contributed by atoms with Gasteiger partial charge in [0.05, 0.1) is 25.7 Å². The van der Waals surface area contributed by atoms with Gasteiger partial charge in [-0.1, -0.05) is 6.07 Å². The van der Waals surface area contributed by atoms with Crippen LogP contribution in [0, 0.1) is 0 Å². The minimum atomic E-state index is -3.62. The van der Waals surface area contributed by atoms with Gasteiger partial charge >= 0.3 is 0 Å². The quantitative estimate of drug-likeness (QED) is 0.637.